The Bertz CT molecular complexity index is 1380. The molecule has 1 heterocycles. The Morgan fingerprint density at radius 1 is 0.935 bits per heavy atom. The van der Waals surface area contributed by atoms with Gasteiger partial charge in [0.15, 0.2) is 0 Å². The number of rotatable bonds is 7. The lowest BCUT2D eigenvalue weighted by atomic mass is 10.1. The van der Waals surface area contributed by atoms with E-state index in [1.165, 1.54) is 10.7 Å². The highest BCUT2D eigenvalue weighted by atomic mass is 32.2. The molecule has 0 amide bonds. The van der Waals surface area contributed by atoms with Crippen LogP contribution < -0.4 is 15.0 Å². The van der Waals surface area contributed by atoms with Crippen molar-refractivity contribution in [2.75, 3.05) is 13.7 Å². The fourth-order valence-electron chi connectivity index (χ4n) is 3.23. The van der Waals surface area contributed by atoms with Gasteiger partial charge in [-0.3, -0.25) is 4.79 Å². The molecule has 0 saturated heterocycles. The fourth-order valence-corrected chi connectivity index (χ4v) is 4.28. The summed E-state index contributed by atoms with van der Waals surface area (Å²) in [4.78, 5) is 12.4. The molecular formula is C23H21N3O4S. The van der Waals surface area contributed by atoms with Crippen molar-refractivity contribution in [2.24, 2.45) is 0 Å². The van der Waals surface area contributed by atoms with Crippen LogP contribution in [0.5, 0.6) is 5.75 Å². The molecule has 0 spiro atoms. The summed E-state index contributed by atoms with van der Waals surface area (Å²) in [6.45, 7) is 0.143. The van der Waals surface area contributed by atoms with E-state index < -0.39 is 10.0 Å². The van der Waals surface area contributed by atoms with Crippen LogP contribution in [-0.4, -0.2) is 31.9 Å². The summed E-state index contributed by atoms with van der Waals surface area (Å²) >= 11 is 0. The minimum atomic E-state index is -3.71. The third-order valence-electron chi connectivity index (χ3n) is 4.90. The topological polar surface area (TPSA) is 90.3 Å². The third-order valence-corrected chi connectivity index (χ3v) is 6.36. The van der Waals surface area contributed by atoms with Gasteiger partial charge in [0.2, 0.25) is 10.0 Å². The highest BCUT2D eigenvalue weighted by molar-refractivity contribution is 7.89. The summed E-state index contributed by atoms with van der Waals surface area (Å²) < 4.78 is 34.3. The number of ether oxygens (including phenoxy) is 1. The number of hydrogen-bond acceptors (Lipinski definition) is 5. The molecule has 31 heavy (non-hydrogen) atoms. The molecule has 0 fully saturated rings. The van der Waals surface area contributed by atoms with Gasteiger partial charge < -0.3 is 4.74 Å². The first-order valence-corrected chi connectivity index (χ1v) is 11.2. The van der Waals surface area contributed by atoms with Gasteiger partial charge in [-0.2, -0.15) is 5.10 Å². The average molecular weight is 436 g/mol. The number of fused-ring (bicyclic) bond motifs is 1. The number of aromatic nitrogens is 2. The van der Waals surface area contributed by atoms with Crippen LogP contribution in [0.1, 0.15) is 0 Å². The molecule has 0 aliphatic carbocycles. The standard InChI is InChI=1S/C23H21N3O4S/c1-30-20-9-6-18(7-10-20)22-12-13-23(27)26(25-22)15-14-24-31(28,29)21-11-8-17-4-2-3-5-19(17)16-21/h2-13,16,24H,14-15H2,1H3. The van der Waals surface area contributed by atoms with Crippen LogP contribution in [0.25, 0.3) is 22.0 Å². The molecule has 0 aliphatic rings. The van der Waals surface area contributed by atoms with Crippen molar-refractivity contribution in [1.82, 2.24) is 14.5 Å². The number of methoxy groups -OCH3 is 1. The molecule has 0 aliphatic heterocycles. The van der Waals surface area contributed by atoms with Crippen LogP contribution in [0, 0.1) is 0 Å². The van der Waals surface area contributed by atoms with Crippen LogP contribution in [0.15, 0.2) is 88.6 Å². The Hall–Kier alpha value is -3.49. The first-order valence-electron chi connectivity index (χ1n) is 9.67. The van der Waals surface area contributed by atoms with Crippen LogP contribution >= 0.6 is 0 Å². The van der Waals surface area contributed by atoms with E-state index in [-0.39, 0.29) is 23.5 Å². The zero-order chi connectivity index (χ0) is 21.8. The minimum Gasteiger partial charge on any atom is -0.497 e. The van der Waals surface area contributed by atoms with Crippen molar-refractivity contribution in [1.29, 1.82) is 0 Å². The van der Waals surface area contributed by atoms with Gasteiger partial charge in [-0.1, -0.05) is 30.3 Å². The van der Waals surface area contributed by atoms with E-state index in [2.05, 4.69) is 9.82 Å². The van der Waals surface area contributed by atoms with Crippen molar-refractivity contribution >= 4 is 20.8 Å². The second-order valence-corrected chi connectivity index (χ2v) is 8.68. The van der Waals surface area contributed by atoms with E-state index in [1.807, 2.05) is 48.5 Å². The van der Waals surface area contributed by atoms with Crippen molar-refractivity contribution in [3.05, 3.63) is 89.2 Å². The summed E-state index contributed by atoms with van der Waals surface area (Å²) in [5, 5.41) is 6.17. The first kappa shape index (κ1) is 20.8. The Morgan fingerprint density at radius 2 is 1.68 bits per heavy atom. The highest BCUT2D eigenvalue weighted by Crippen LogP contribution is 2.20. The smallest absolute Gasteiger partial charge is 0.266 e. The van der Waals surface area contributed by atoms with E-state index >= 15 is 0 Å². The van der Waals surface area contributed by atoms with Crippen LogP contribution in [0.4, 0.5) is 0 Å². The van der Waals surface area contributed by atoms with Crippen LogP contribution in [0.2, 0.25) is 0 Å². The van der Waals surface area contributed by atoms with E-state index in [4.69, 9.17) is 4.74 Å². The van der Waals surface area contributed by atoms with Gasteiger partial charge in [-0.25, -0.2) is 17.8 Å². The molecule has 0 unspecified atom stereocenters. The monoisotopic (exact) mass is 435 g/mol. The molecule has 0 saturated carbocycles. The van der Waals surface area contributed by atoms with Crippen molar-refractivity contribution < 1.29 is 13.2 Å². The zero-order valence-corrected chi connectivity index (χ0v) is 17.7. The second-order valence-electron chi connectivity index (χ2n) is 6.92. The Morgan fingerprint density at radius 3 is 2.42 bits per heavy atom. The van der Waals surface area contributed by atoms with Gasteiger partial charge in [0.05, 0.1) is 24.2 Å². The van der Waals surface area contributed by atoms with Gasteiger partial charge in [0.25, 0.3) is 5.56 Å². The minimum absolute atomic E-state index is 0.0358. The number of nitrogens with one attached hydrogen (secondary N) is 1. The molecule has 1 N–H and O–H groups in total. The lowest BCUT2D eigenvalue weighted by Crippen LogP contribution is -2.32. The summed E-state index contributed by atoms with van der Waals surface area (Å²) in [5.74, 6) is 0.722. The molecule has 0 radical (unpaired) electrons. The van der Waals surface area contributed by atoms with Gasteiger partial charge in [-0.15, -0.1) is 0 Å². The van der Waals surface area contributed by atoms with E-state index in [0.717, 1.165) is 22.1 Å². The summed E-state index contributed by atoms with van der Waals surface area (Å²) in [6, 6.07) is 22.9. The summed E-state index contributed by atoms with van der Waals surface area (Å²) in [7, 11) is -2.12. The predicted octanol–water partition coefficient (Wildman–Crippen LogP) is 3.05. The molecule has 3 aromatic carbocycles. The van der Waals surface area contributed by atoms with E-state index in [1.54, 1.807) is 31.4 Å². The Labute approximate surface area is 180 Å². The van der Waals surface area contributed by atoms with Crippen LogP contribution in [-0.2, 0) is 16.6 Å². The average Bonchev–Trinajstić information content (AvgIpc) is 2.80. The van der Waals surface area contributed by atoms with Gasteiger partial charge >= 0.3 is 0 Å². The molecule has 0 bridgehead atoms. The lowest BCUT2D eigenvalue weighted by molar-refractivity contribution is 0.415. The molecule has 1 aromatic heterocycles. The maximum atomic E-state index is 12.7. The summed E-state index contributed by atoms with van der Waals surface area (Å²) in [5.41, 5.74) is 1.13. The van der Waals surface area contributed by atoms with Gasteiger partial charge in [0.1, 0.15) is 5.75 Å². The normalized spacial score (nSPS) is 11.5. The molecular weight excluding hydrogens is 414 g/mol. The highest BCUT2D eigenvalue weighted by Gasteiger charge is 2.14. The lowest BCUT2D eigenvalue weighted by Gasteiger charge is -2.10. The molecule has 7 nitrogen and oxygen atoms in total. The molecule has 0 atom stereocenters. The Balaban J connectivity index is 1.48. The molecule has 4 aromatic rings. The molecule has 8 heteroatoms. The quantitative estimate of drug-likeness (QED) is 0.482. The van der Waals surface area contributed by atoms with Crippen molar-refractivity contribution in [2.45, 2.75) is 11.4 Å². The fraction of sp³-hybridized carbons (Fsp3) is 0.130. The molecule has 4 rings (SSSR count). The third kappa shape index (κ3) is 4.65. The Kier molecular flexibility index (Phi) is 5.83. The van der Waals surface area contributed by atoms with Gasteiger partial charge in [0, 0.05) is 18.2 Å². The number of benzene rings is 3. The van der Waals surface area contributed by atoms with E-state index in [9.17, 15) is 13.2 Å². The maximum absolute atomic E-state index is 12.7. The number of nitrogens with zero attached hydrogens (tertiary/aromatic N) is 2. The first-order chi connectivity index (χ1) is 15.0. The predicted molar refractivity (Wildman–Crippen MR) is 120 cm³/mol. The van der Waals surface area contributed by atoms with Gasteiger partial charge in [-0.05, 0) is 53.2 Å². The molecule has 158 valence electrons. The van der Waals surface area contributed by atoms with Crippen molar-refractivity contribution in [3.63, 3.8) is 0 Å². The van der Waals surface area contributed by atoms with Crippen LogP contribution in [0.3, 0.4) is 0 Å². The SMILES string of the molecule is COc1ccc(-c2ccc(=O)n(CCNS(=O)(=O)c3ccc4ccccc4c3)n2)cc1. The largest absolute Gasteiger partial charge is 0.497 e. The van der Waals surface area contributed by atoms with E-state index in [0.29, 0.717) is 5.69 Å². The summed E-state index contributed by atoms with van der Waals surface area (Å²) in [6.07, 6.45) is 0. The number of hydrogen-bond donors (Lipinski definition) is 1. The zero-order valence-electron chi connectivity index (χ0n) is 16.9. The maximum Gasteiger partial charge on any atom is 0.266 e. The number of sulfonamides is 1. The second kappa shape index (κ2) is 8.71. The van der Waals surface area contributed by atoms with Crippen molar-refractivity contribution in [3.8, 4) is 17.0 Å².